The molecule has 0 unspecified atom stereocenters. The highest BCUT2D eigenvalue weighted by molar-refractivity contribution is 5.40. The molecule has 0 atom stereocenters. The fraction of sp³-hybridized carbons (Fsp3) is 0.625. The van der Waals surface area contributed by atoms with Crippen LogP contribution in [-0.2, 0) is 6.42 Å². The van der Waals surface area contributed by atoms with Gasteiger partial charge in [-0.15, -0.1) is 0 Å². The molecule has 0 aliphatic rings. The normalized spacial score (nSPS) is 10.1. The van der Waals surface area contributed by atoms with Crippen LogP contribution < -0.4 is 5.32 Å². The molecule has 1 rings (SSSR count). The highest BCUT2D eigenvalue weighted by Gasteiger charge is 2.02. The number of aromatic amines is 1. The fourth-order valence-electron chi connectivity index (χ4n) is 1.03. The van der Waals surface area contributed by atoms with Gasteiger partial charge in [0.1, 0.15) is 11.6 Å². The van der Waals surface area contributed by atoms with E-state index < -0.39 is 0 Å². The molecule has 0 aliphatic carbocycles. The van der Waals surface area contributed by atoms with Crippen molar-refractivity contribution < 1.29 is 0 Å². The molecule has 1 aromatic rings. The molecule has 0 aliphatic heterocycles. The quantitative estimate of drug-likeness (QED) is 0.694. The molecule has 0 amide bonds. The summed E-state index contributed by atoms with van der Waals surface area (Å²) in [5, 5.41) is 3.19. The van der Waals surface area contributed by atoms with E-state index in [2.05, 4.69) is 29.1 Å². The lowest BCUT2D eigenvalue weighted by atomic mass is 10.5. The average molecular weight is 153 g/mol. The number of hydrogen-bond donors (Lipinski definition) is 2. The first-order chi connectivity index (χ1) is 5.27. The van der Waals surface area contributed by atoms with Crippen LogP contribution in [0.3, 0.4) is 0 Å². The van der Waals surface area contributed by atoms with Crippen molar-refractivity contribution in [2.45, 2.75) is 27.2 Å². The fourth-order valence-corrected chi connectivity index (χ4v) is 1.03. The highest BCUT2D eigenvalue weighted by Crippen LogP contribution is 2.10. The van der Waals surface area contributed by atoms with Gasteiger partial charge in [-0.05, 0) is 13.8 Å². The second-order valence-electron chi connectivity index (χ2n) is 2.54. The van der Waals surface area contributed by atoms with Crippen LogP contribution in [0.5, 0.6) is 0 Å². The van der Waals surface area contributed by atoms with Gasteiger partial charge in [0.05, 0.1) is 5.69 Å². The molecule has 0 aromatic carbocycles. The Morgan fingerprint density at radius 3 is 2.64 bits per heavy atom. The maximum Gasteiger partial charge on any atom is 0.147 e. The van der Waals surface area contributed by atoms with E-state index in [1.165, 1.54) is 0 Å². The van der Waals surface area contributed by atoms with Crippen LogP contribution in [0.2, 0.25) is 0 Å². The van der Waals surface area contributed by atoms with E-state index in [1.807, 2.05) is 6.92 Å². The molecule has 1 aromatic heterocycles. The van der Waals surface area contributed by atoms with E-state index in [9.17, 15) is 0 Å². The van der Waals surface area contributed by atoms with Gasteiger partial charge in [-0.1, -0.05) is 6.92 Å². The lowest BCUT2D eigenvalue weighted by Gasteiger charge is -1.96. The summed E-state index contributed by atoms with van der Waals surface area (Å²) in [5.74, 6) is 2.04. The average Bonchev–Trinajstić information content (AvgIpc) is 2.33. The molecule has 1 heterocycles. The molecule has 62 valence electrons. The van der Waals surface area contributed by atoms with Crippen LogP contribution in [-0.4, -0.2) is 16.5 Å². The van der Waals surface area contributed by atoms with Gasteiger partial charge in [0.15, 0.2) is 0 Å². The maximum absolute atomic E-state index is 4.35. The summed E-state index contributed by atoms with van der Waals surface area (Å²) >= 11 is 0. The molecule has 0 radical (unpaired) electrons. The Balaban J connectivity index is 2.79. The van der Waals surface area contributed by atoms with Crippen molar-refractivity contribution in [3.63, 3.8) is 0 Å². The Hall–Kier alpha value is -0.990. The maximum atomic E-state index is 4.35. The molecule has 0 fully saturated rings. The minimum atomic E-state index is 0.925. The summed E-state index contributed by atoms with van der Waals surface area (Å²) in [6, 6.07) is 0. The first-order valence-corrected chi connectivity index (χ1v) is 4.07. The molecule has 0 saturated carbocycles. The van der Waals surface area contributed by atoms with Crippen molar-refractivity contribution in [3.8, 4) is 0 Å². The lowest BCUT2D eigenvalue weighted by Crippen LogP contribution is -1.98. The summed E-state index contributed by atoms with van der Waals surface area (Å²) in [5.41, 5.74) is 1.13. The number of nitrogens with one attached hydrogen (secondary N) is 2. The van der Waals surface area contributed by atoms with E-state index in [0.29, 0.717) is 0 Å². The van der Waals surface area contributed by atoms with Crippen molar-refractivity contribution in [1.82, 2.24) is 9.97 Å². The van der Waals surface area contributed by atoms with Gasteiger partial charge in [0, 0.05) is 13.0 Å². The number of aromatic nitrogens is 2. The van der Waals surface area contributed by atoms with E-state index in [4.69, 9.17) is 0 Å². The number of hydrogen-bond acceptors (Lipinski definition) is 2. The minimum absolute atomic E-state index is 0.925. The second kappa shape index (κ2) is 3.42. The van der Waals surface area contributed by atoms with Crippen molar-refractivity contribution in [1.29, 1.82) is 0 Å². The van der Waals surface area contributed by atoms with Crippen LogP contribution in [0.25, 0.3) is 0 Å². The molecule has 2 N–H and O–H groups in total. The SMILES string of the molecule is CCNc1nc(CC)[nH]c1C. The molecule has 11 heavy (non-hydrogen) atoms. The summed E-state index contributed by atoms with van der Waals surface area (Å²) in [6.07, 6.45) is 0.965. The van der Waals surface area contributed by atoms with Gasteiger partial charge in [0.25, 0.3) is 0 Å². The number of aryl methyl sites for hydroxylation is 2. The predicted octanol–water partition coefficient (Wildman–Crippen LogP) is 1.71. The summed E-state index contributed by atoms with van der Waals surface area (Å²) in [4.78, 5) is 7.56. The standard InChI is InChI=1S/C8H15N3/c1-4-7-10-6(3)8(11-7)9-5-2/h9H,4-5H2,1-3H3,(H,10,11). The number of anilines is 1. The summed E-state index contributed by atoms with van der Waals surface area (Å²) < 4.78 is 0. The zero-order valence-corrected chi connectivity index (χ0v) is 7.36. The molecule has 3 nitrogen and oxygen atoms in total. The van der Waals surface area contributed by atoms with Gasteiger partial charge in [-0.3, -0.25) is 0 Å². The molecule has 0 bridgehead atoms. The van der Waals surface area contributed by atoms with Gasteiger partial charge >= 0.3 is 0 Å². The third-order valence-corrected chi connectivity index (χ3v) is 1.61. The van der Waals surface area contributed by atoms with Crippen LogP contribution in [0.1, 0.15) is 25.4 Å². The van der Waals surface area contributed by atoms with Crippen molar-refractivity contribution in [3.05, 3.63) is 11.5 Å². The minimum Gasteiger partial charge on any atom is -0.369 e. The Morgan fingerprint density at radius 1 is 1.45 bits per heavy atom. The van der Waals surface area contributed by atoms with Gasteiger partial charge in [0.2, 0.25) is 0 Å². The zero-order chi connectivity index (χ0) is 8.27. The third kappa shape index (κ3) is 1.73. The Bertz CT molecular complexity index is 227. The Morgan fingerprint density at radius 2 is 2.18 bits per heavy atom. The van der Waals surface area contributed by atoms with Crippen LogP contribution in [0.4, 0.5) is 5.82 Å². The van der Waals surface area contributed by atoms with E-state index in [-0.39, 0.29) is 0 Å². The number of imidazole rings is 1. The third-order valence-electron chi connectivity index (χ3n) is 1.61. The van der Waals surface area contributed by atoms with Gasteiger partial charge < -0.3 is 10.3 Å². The van der Waals surface area contributed by atoms with Crippen LogP contribution in [0, 0.1) is 6.92 Å². The van der Waals surface area contributed by atoms with E-state index in [1.54, 1.807) is 0 Å². The smallest absolute Gasteiger partial charge is 0.147 e. The van der Waals surface area contributed by atoms with Gasteiger partial charge in [-0.25, -0.2) is 4.98 Å². The largest absolute Gasteiger partial charge is 0.369 e. The molecular weight excluding hydrogens is 138 g/mol. The van der Waals surface area contributed by atoms with Crippen molar-refractivity contribution in [2.75, 3.05) is 11.9 Å². The first-order valence-electron chi connectivity index (χ1n) is 4.07. The molecule has 0 spiro atoms. The molecular formula is C8H15N3. The first kappa shape index (κ1) is 8.11. The van der Waals surface area contributed by atoms with Crippen molar-refractivity contribution >= 4 is 5.82 Å². The zero-order valence-electron chi connectivity index (χ0n) is 7.36. The summed E-state index contributed by atoms with van der Waals surface area (Å²) in [7, 11) is 0. The monoisotopic (exact) mass is 153 g/mol. The lowest BCUT2D eigenvalue weighted by molar-refractivity contribution is 0.981. The van der Waals surface area contributed by atoms with Crippen molar-refractivity contribution in [2.24, 2.45) is 0 Å². The predicted molar refractivity (Wildman–Crippen MR) is 46.9 cm³/mol. The number of rotatable bonds is 3. The van der Waals surface area contributed by atoms with E-state index in [0.717, 1.165) is 30.3 Å². The number of H-pyrrole nitrogens is 1. The van der Waals surface area contributed by atoms with Gasteiger partial charge in [-0.2, -0.15) is 0 Å². The summed E-state index contributed by atoms with van der Waals surface area (Å²) in [6.45, 7) is 7.12. The van der Waals surface area contributed by atoms with Crippen LogP contribution in [0.15, 0.2) is 0 Å². The van der Waals surface area contributed by atoms with E-state index >= 15 is 0 Å². The second-order valence-corrected chi connectivity index (χ2v) is 2.54. The van der Waals surface area contributed by atoms with Crippen LogP contribution >= 0.6 is 0 Å². The Kier molecular flexibility index (Phi) is 2.52. The molecule has 0 saturated heterocycles. The topological polar surface area (TPSA) is 40.7 Å². The molecule has 3 heteroatoms. The Labute approximate surface area is 67.2 Å². The highest BCUT2D eigenvalue weighted by atomic mass is 15.1. The number of nitrogens with zero attached hydrogens (tertiary/aromatic N) is 1.